The van der Waals surface area contributed by atoms with Gasteiger partial charge < -0.3 is 15.2 Å². The van der Waals surface area contributed by atoms with Crippen molar-refractivity contribution in [1.29, 1.82) is 0 Å². The van der Waals surface area contributed by atoms with E-state index in [9.17, 15) is 0 Å². The van der Waals surface area contributed by atoms with Gasteiger partial charge in [0.05, 0.1) is 0 Å². The Balaban J connectivity index is 0.00000320. The monoisotopic (exact) mass is 546 g/mol. The zero-order valence-corrected chi connectivity index (χ0v) is 20.8. The van der Waals surface area contributed by atoms with Gasteiger partial charge in [0.15, 0.2) is 5.96 Å². The number of hydrogen-bond donors (Lipinski definition) is 2. The topological polar surface area (TPSA) is 78.6 Å². The fourth-order valence-corrected chi connectivity index (χ4v) is 3.93. The van der Waals surface area contributed by atoms with Crippen LogP contribution in [-0.4, -0.2) is 60.3 Å². The first kappa shape index (κ1) is 24.9. The Kier molecular flexibility index (Phi) is 10.9. The van der Waals surface area contributed by atoms with Crippen LogP contribution in [0.5, 0.6) is 0 Å². The van der Waals surface area contributed by atoms with Crippen molar-refractivity contribution in [3.63, 3.8) is 0 Å². The van der Waals surface area contributed by atoms with Gasteiger partial charge in [-0.15, -0.1) is 24.0 Å². The summed E-state index contributed by atoms with van der Waals surface area (Å²) in [5.74, 6) is 1.93. The van der Waals surface area contributed by atoms with Crippen molar-refractivity contribution in [2.75, 3.05) is 33.2 Å². The van der Waals surface area contributed by atoms with Crippen LogP contribution in [0.3, 0.4) is 0 Å². The van der Waals surface area contributed by atoms with Gasteiger partial charge in [0, 0.05) is 49.7 Å². The largest absolute Gasteiger partial charge is 0.356 e. The second kappa shape index (κ2) is 13.1. The molecule has 7 nitrogen and oxygen atoms in total. The third kappa shape index (κ3) is 7.39. The molecule has 2 aromatic rings. The lowest BCUT2D eigenvalue weighted by Crippen LogP contribution is -2.46. The normalized spacial score (nSPS) is 17.4. The van der Waals surface area contributed by atoms with Crippen molar-refractivity contribution in [2.45, 2.75) is 45.1 Å². The van der Waals surface area contributed by atoms with Gasteiger partial charge in [-0.25, -0.2) is 0 Å². The Bertz CT molecular complexity index is 799. The first-order valence-electron chi connectivity index (χ1n) is 10.5. The van der Waals surface area contributed by atoms with Crippen molar-refractivity contribution in [3.05, 3.63) is 35.2 Å². The molecule has 1 aliphatic rings. The fraction of sp³-hybridized carbons (Fsp3) is 0.571. The van der Waals surface area contributed by atoms with Crippen LogP contribution in [0, 0.1) is 0 Å². The number of nitrogens with zero attached hydrogens (tertiary/aromatic N) is 4. The van der Waals surface area contributed by atoms with E-state index in [1.165, 1.54) is 32.2 Å². The Morgan fingerprint density at radius 1 is 1.30 bits per heavy atom. The first-order chi connectivity index (χ1) is 14.2. The molecule has 1 aliphatic heterocycles. The van der Waals surface area contributed by atoms with Crippen LogP contribution >= 0.6 is 35.6 Å². The van der Waals surface area contributed by atoms with Crippen molar-refractivity contribution in [2.24, 2.45) is 4.99 Å². The SMILES string of the molecule is CCC1CCCCN1CCNC(=NC)NCCc1nc(-c2cccc(Cl)c2)no1.I. The van der Waals surface area contributed by atoms with Gasteiger partial charge in [-0.2, -0.15) is 4.98 Å². The zero-order chi connectivity index (χ0) is 20.5. The summed E-state index contributed by atoms with van der Waals surface area (Å²) in [5.41, 5.74) is 0.848. The maximum Gasteiger partial charge on any atom is 0.228 e. The van der Waals surface area contributed by atoms with Crippen molar-refractivity contribution < 1.29 is 4.52 Å². The molecule has 3 rings (SSSR count). The number of guanidine groups is 1. The molecule has 1 fully saturated rings. The Morgan fingerprint density at radius 2 is 2.13 bits per heavy atom. The predicted molar refractivity (Wildman–Crippen MR) is 133 cm³/mol. The Morgan fingerprint density at radius 3 is 2.90 bits per heavy atom. The highest BCUT2D eigenvalue weighted by Crippen LogP contribution is 2.20. The Labute approximate surface area is 201 Å². The quantitative estimate of drug-likeness (QED) is 0.296. The average molecular weight is 547 g/mol. The van der Waals surface area contributed by atoms with E-state index in [1.807, 2.05) is 24.3 Å². The molecule has 1 aromatic heterocycles. The first-order valence-corrected chi connectivity index (χ1v) is 10.8. The van der Waals surface area contributed by atoms with E-state index in [1.54, 1.807) is 7.05 Å². The minimum Gasteiger partial charge on any atom is -0.356 e. The van der Waals surface area contributed by atoms with Gasteiger partial charge in [-0.3, -0.25) is 9.89 Å². The van der Waals surface area contributed by atoms with E-state index >= 15 is 0 Å². The van der Waals surface area contributed by atoms with Crippen LogP contribution in [0.4, 0.5) is 0 Å². The van der Waals surface area contributed by atoms with Crippen LogP contribution in [0.2, 0.25) is 5.02 Å². The number of likely N-dealkylation sites (tertiary alicyclic amines) is 1. The van der Waals surface area contributed by atoms with Gasteiger partial charge in [-0.05, 0) is 37.9 Å². The highest BCUT2D eigenvalue weighted by Gasteiger charge is 2.20. The van der Waals surface area contributed by atoms with Gasteiger partial charge in [0.2, 0.25) is 11.7 Å². The molecule has 2 N–H and O–H groups in total. The lowest BCUT2D eigenvalue weighted by molar-refractivity contribution is 0.147. The molecule has 166 valence electrons. The van der Waals surface area contributed by atoms with E-state index in [4.69, 9.17) is 16.1 Å². The summed E-state index contributed by atoms with van der Waals surface area (Å²) in [7, 11) is 1.79. The molecular formula is C21H32ClIN6O. The summed E-state index contributed by atoms with van der Waals surface area (Å²) in [6.07, 6.45) is 5.85. The minimum atomic E-state index is 0. The number of nitrogens with one attached hydrogen (secondary N) is 2. The second-order valence-electron chi connectivity index (χ2n) is 7.29. The molecule has 9 heteroatoms. The summed E-state index contributed by atoms with van der Waals surface area (Å²) >= 11 is 6.02. The molecule has 0 aliphatic carbocycles. The average Bonchev–Trinajstić information content (AvgIpc) is 3.22. The smallest absolute Gasteiger partial charge is 0.228 e. The van der Waals surface area contributed by atoms with E-state index in [-0.39, 0.29) is 24.0 Å². The maximum atomic E-state index is 6.02. The number of benzene rings is 1. The molecule has 1 atom stereocenters. The fourth-order valence-electron chi connectivity index (χ4n) is 3.74. The van der Waals surface area contributed by atoms with Crippen LogP contribution in [-0.2, 0) is 6.42 Å². The van der Waals surface area contributed by atoms with Gasteiger partial charge in [-0.1, -0.05) is 42.2 Å². The summed E-state index contributed by atoms with van der Waals surface area (Å²) in [5, 5.41) is 11.4. The van der Waals surface area contributed by atoms with Crippen LogP contribution in [0.15, 0.2) is 33.8 Å². The van der Waals surface area contributed by atoms with E-state index < -0.39 is 0 Å². The predicted octanol–water partition coefficient (Wildman–Crippen LogP) is 3.98. The molecule has 1 saturated heterocycles. The standard InChI is InChI=1S/C21H31ClN6O.HI/c1-3-18-9-4-5-13-28(18)14-12-25-21(23-2)24-11-10-19-26-20(27-29-19)16-7-6-8-17(22)15-16;/h6-8,15,18H,3-5,9-14H2,1-2H3,(H2,23,24,25);1H. The van der Waals surface area contributed by atoms with Crippen molar-refractivity contribution in [3.8, 4) is 11.4 Å². The second-order valence-corrected chi connectivity index (χ2v) is 7.73. The third-order valence-electron chi connectivity index (χ3n) is 5.32. The molecule has 0 spiro atoms. The lowest BCUT2D eigenvalue weighted by atomic mass is 10.0. The molecule has 0 radical (unpaired) electrons. The van der Waals surface area contributed by atoms with E-state index in [2.05, 4.69) is 37.6 Å². The summed E-state index contributed by atoms with van der Waals surface area (Å²) in [4.78, 5) is 11.3. The molecular weight excluding hydrogens is 515 g/mol. The molecule has 30 heavy (non-hydrogen) atoms. The van der Waals surface area contributed by atoms with Crippen LogP contribution in [0.1, 0.15) is 38.5 Å². The van der Waals surface area contributed by atoms with Gasteiger partial charge in [0.25, 0.3) is 0 Å². The Hall–Kier alpha value is -1.39. The molecule has 1 aromatic carbocycles. The number of piperidine rings is 1. The molecule has 2 heterocycles. The molecule has 1 unspecified atom stereocenters. The van der Waals surface area contributed by atoms with Crippen molar-refractivity contribution in [1.82, 2.24) is 25.7 Å². The zero-order valence-electron chi connectivity index (χ0n) is 17.7. The van der Waals surface area contributed by atoms with Gasteiger partial charge in [0.1, 0.15) is 0 Å². The van der Waals surface area contributed by atoms with Crippen molar-refractivity contribution >= 4 is 41.5 Å². The van der Waals surface area contributed by atoms with E-state index in [0.29, 0.717) is 29.7 Å². The molecule has 0 amide bonds. The molecule has 0 bridgehead atoms. The highest BCUT2D eigenvalue weighted by molar-refractivity contribution is 14.0. The highest BCUT2D eigenvalue weighted by atomic mass is 127. The minimum absolute atomic E-state index is 0. The van der Waals surface area contributed by atoms with Gasteiger partial charge >= 0.3 is 0 Å². The molecule has 0 saturated carbocycles. The lowest BCUT2D eigenvalue weighted by Gasteiger charge is -2.35. The number of rotatable bonds is 8. The third-order valence-corrected chi connectivity index (χ3v) is 5.55. The summed E-state index contributed by atoms with van der Waals surface area (Å²) in [6.45, 7) is 6.09. The number of aliphatic imine (C=N–C) groups is 1. The number of hydrogen-bond acceptors (Lipinski definition) is 5. The summed E-state index contributed by atoms with van der Waals surface area (Å²) in [6, 6.07) is 8.16. The van der Waals surface area contributed by atoms with Crippen LogP contribution < -0.4 is 10.6 Å². The number of halogens is 2. The maximum absolute atomic E-state index is 6.02. The van der Waals surface area contributed by atoms with E-state index in [0.717, 1.165) is 30.7 Å². The summed E-state index contributed by atoms with van der Waals surface area (Å²) < 4.78 is 5.35. The van der Waals surface area contributed by atoms with Crippen LogP contribution in [0.25, 0.3) is 11.4 Å². The number of aromatic nitrogens is 2.